The maximum atomic E-state index is 6.04. The molecule has 1 aromatic rings. The summed E-state index contributed by atoms with van der Waals surface area (Å²) in [6.45, 7) is 5.34. The monoisotopic (exact) mass is 273 g/mol. The summed E-state index contributed by atoms with van der Waals surface area (Å²) in [4.78, 5) is 0. The van der Waals surface area contributed by atoms with Crippen LogP contribution >= 0.6 is 11.6 Å². The van der Waals surface area contributed by atoms with Crippen LogP contribution in [0.2, 0.25) is 5.02 Å². The second-order valence-corrected chi connectivity index (χ2v) is 4.30. The van der Waals surface area contributed by atoms with E-state index >= 15 is 0 Å². The van der Waals surface area contributed by atoms with Gasteiger partial charge in [-0.1, -0.05) is 11.6 Å². The van der Waals surface area contributed by atoms with Gasteiger partial charge in [-0.05, 0) is 13.8 Å². The second kappa shape index (κ2) is 7.34. The van der Waals surface area contributed by atoms with Gasteiger partial charge in [0, 0.05) is 24.8 Å². The molecule has 0 amide bonds. The van der Waals surface area contributed by atoms with Crippen LogP contribution in [0.15, 0.2) is 12.1 Å². The largest absolute Gasteiger partial charge is 0.495 e. The zero-order valence-corrected chi connectivity index (χ0v) is 12.0. The molecule has 0 aliphatic heterocycles. The SMILES string of the molecule is CCOCC(C)Nc1cc(OC)c(Cl)cc1OC. The van der Waals surface area contributed by atoms with Crippen molar-refractivity contribution in [2.45, 2.75) is 19.9 Å². The summed E-state index contributed by atoms with van der Waals surface area (Å²) in [7, 11) is 3.19. The smallest absolute Gasteiger partial charge is 0.143 e. The first kappa shape index (κ1) is 14.9. The number of methoxy groups -OCH3 is 2. The van der Waals surface area contributed by atoms with E-state index in [4.69, 9.17) is 25.8 Å². The van der Waals surface area contributed by atoms with Gasteiger partial charge in [0.15, 0.2) is 0 Å². The molecule has 0 radical (unpaired) electrons. The van der Waals surface area contributed by atoms with Gasteiger partial charge >= 0.3 is 0 Å². The molecule has 1 unspecified atom stereocenters. The Morgan fingerprint density at radius 2 is 1.89 bits per heavy atom. The summed E-state index contributed by atoms with van der Waals surface area (Å²) in [6, 6.07) is 3.73. The van der Waals surface area contributed by atoms with Crippen LogP contribution in [0.4, 0.5) is 5.69 Å². The molecule has 102 valence electrons. The Labute approximate surface area is 113 Å². The van der Waals surface area contributed by atoms with Crippen molar-refractivity contribution in [1.82, 2.24) is 0 Å². The Balaban J connectivity index is 2.85. The molecule has 5 heteroatoms. The third-order valence-electron chi connectivity index (χ3n) is 2.45. The lowest BCUT2D eigenvalue weighted by atomic mass is 10.2. The normalized spacial score (nSPS) is 12.1. The predicted octanol–water partition coefficient (Wildman–Crippen LogP) is 3.19. The van der Waals surface area contributed by atoms with Gasteiger partial charge in [0.2, 0.25) is 0 Å². The Bertz CT molecular complexity index is 385. The van der Waals surface area contributed by atoms with Crippen molar-refractivity contribution in [2.75, 3.05) is 32.8 Å². The van der Waals surface area contributed by atoms with Crippen LogP contribution in [0.5, 0.6) is 11.5 Å². The van der Waals surface area contributed by atoms with E-state index < -0.39 is 0 Å². The minimum absolute atomic E-state index is 0.171. The first-order chi connectivity index (χ1) is 8.62. The summed E-state index contributed by atoms with van der Waals surface area (Å²) in [6.07, 6.45) is 0. The van der Waals surface area contributed by atoms with Crippen molar-refractivity contribution in [3.8, 4) is 11.5 Å². The van der Waals surface area contributed by atoms with Crippen molar-refractivity contribution in [3.63, 3.8) is 0 Å². The average Bonchev–Trinajstić information content (AvgIpc) is 2.37. The molecule has 1 rings (SSSR count). The number of hydrogen-bond acceptors (Lipinski definition) is 4. The van der Waals surface area contributed by atoms with Crippen molar-refractivity contribution in [3.05, 3.63) is 17.2 Å². The zero-order chi connectivity index (χ0) is 13.5. The highest BCUT2D eigenvalue weighted by Crippen LogP contribution is 2.36. The lowest BCUT2D eigenvalue weighted by Gasteiger charge is -2.18. The number of rotatable bonds is 7. The lowest BCUT2D eigenvalue weighted by molar-refractivity contribution is 0.141. The first-order valence-corrected chi connectivity index (χ1v) is 6.26. The molecule has 0 saturated heterocycles. The van der Waals surface area contributed by atoms with Crippen molar-refractivity contribution in [2.24, 2.45) is 0 Å². The first-order valence-electron chi connectivity index (χ1n) is 5.88. The molecule has 0 bridgehead atoms. The van der Waals surface area contributed by atoms with Crippen LogP contribution in [0.25, 0.3) is 0 Å². The van der Waals surface area contributed by atoms with Gasteiger partial charge in [-0.3, -0.25) is 0 Å². The highest BCUT2D eigenvalue weighted by Gasteiger charge is 2.12. The highest BCUT2D eigenvalue weighted by atomic mass is 35.5. The van der Waals surface area contributed by atoms with E-state index in [1.807, 2.05) is 19.9 Å². The number of hydrogen-bond donors (Lipinski definition) is 1. The van der Waals surface area contributed by atoms with E-state index in [1.165, 1.54) is 0 Å². The molecule has 0 fully saturated rings. The molecule has 0 saturated carbocycles. The maximum absolute atomic E-state index is 6.04. The van der Waals surface area contributed by atoms with Gasteiger partial charge < -0.3 is 19.5 Å². The fourth-order valence-electron chi connectivity index (χ4n) is 1.58. The second-order valence-electron chi connectivity index (χ2n) is 3.89. The van der Waals surface area contributed by atoms with Crippen molar-refractivity contribution >= 4 is 17.3 Å². The Kier molecular flexibility index (Phi) is 6.09. The maximum Gasteiger partial charge on any atom is 0.143 e. The Hall–Kier alpha value is -1.13. The molecule has 1 aromatic carbocycles. The van der Waals surface area contributed by atoms with Crippen LogP contribution in [0, 0.1) is 0 Å². The Morgan fingerprint density at radius 3 is 2.44 bits per heavy atom. The molecule has 0 aliphatic carbocycles. The predicted molar refractivity (Wildman–Crippen MR) is 74.1 cm³/mol. The van der Waals surface area contributed by atoms with E-state index in [1.54, 1.807) is 20.3 Å². The van der Waals surface area contributed by atoms with E-state index in [2.05, 4.69) is 5.32 Å². The summed E-state index contributed by atoms with van der Waals surface area (Å²) in [5.74, 6) is 1.30. The summed E-state index contributed by atoms with van der Waals surface area (Å²) >= 11 is 6.04. The molecule has 4 nitrogen and oxygen atoms in total. The molecule has 0 aromatic heterocycles. The average molecular weight is 274 g/mol. The van der Waals surface area contributed by atoms with Crippen molar-refractivity contribution < 1.29 is 14.2 Å². The van der Waals surface area contributed by atoms with E-state index in [0.29, 0.717) is 29.7 Å². The van der Waals surface area contributed by atoms with Gasteiger partial charge in [0.1, 0.15) is 11.5 Å². The Morgan fingerprint density at radius 1 is 1.22 bits per heavy atom. The van der Waals surface area contributed by atoms with Gasteiger partial charge in [-0.25, -0.2) is 0 Å². The molecule has 1 N–H and O–H groups in total. The van der Waals surface area contributed by atoms with E-state index in [9.17, 15) is 0 Å². The fraction of sp³-hybridized carbons (Fsp3) is 0.538. The van der Waals surface area contributed by atoms with Gasteiger partial charge in [0.25, 0.3) is 0 Å². The fourth-order valence-corrected chi connectivity index (χ4v) is 1.81. The molecule has 18 heavy (non-hydrogen) atoms. The van der Waals surface area contributed by atoms with Crippen molar-refractivity contribution in [1.29, 1.82) is 0 Å². The molecule has 1 atom stereocenters. The van der Waals surface area contributed by atoms with Crippen LogP contribution < -0.4 is 14.8 Å². The van der Waals surface area contributed by atoms with E-state index in [-0.39, 0.29) is 6.04 Å². The third-order valence-corrected chi connectivity index (χ3v) is 2.74. The molecule has 0 aliphatic rings. The topological polar surface area (TPSA) is 39.7 Å². The molecular formula is C13H20ClNO3. The lowest BCUT2D eigenvalue weighted by Crippen LogP contribution is -2.22. The summed E-state index contributed by atoms with van der Waals surface area (Å²) in [5, 5.41) is 3.83. The van der Waals surface area contributed by atoms with E-state index in [0.717, 1.165) is 5.69 Å². The van der Waals surface area contributed by atoms with Gasteiger partial charge in [-0.15, -0.1) is 0 Å². The number of anilines is 1. The zero-order valence-electron chi connectivity index (χ0n) is 11.2. The quantitative estimate of drug-likeness (QED) is 0.828. The number of benzene rings is 1. The van der Waals surface area contributed by atoms with Gasteiger partial charge in [0.05, 0.1) is 31.5 Å². The summed E-state index contributed by atoms with van der Waals surface area (Å²) < 4.78 is 15.8. The minimum Gasteiger partial charge on any atom is -0.495 e. The van der Waals surface area contributed by atoms with Crippen LogP contribution in [0.1, 0.15) is 13.8 Å². The third kappa shape index (κ3) is 3.96. The highest BCUT2D eigenvalue weighted by molar-refractivity contribution is 6.32. The number of nitrogens with one attached hydrogen (secondary N) is 1. The minimum atomic E-state index is 0.171. The van der Waals surface area contributed by atoms with Crippen LogP contribution in [-0.4, -0.2) is 33.5 Å². The number of ether oxygens (including phenoxy) is 3. The molecular weight excluding hydrogens is 254 g/mol. The van der Waals surface area contributed by atoms with Crippen LogP contribution in [0.3, 0.4) is 0 Å². The molecule has 0 heterocycles. The summed E-state index contributed by atoms with van der Waals surface area (Å²) in [5.41, 5.74) is 0.839. The molecule has 0 spiro atoms. The van der Waals surface area contributed by atoms with Gasteiger partial charge in [-0.2, -0.15) is 0 Å². The standard InChI is InChI=1S/C13H20ClNO3/c1-5-18-8-9(2)15-11-7-12(16-3)10(14)6-13(11)17-4/h6-7,9,15H,5,8H2,1-4H3. The number of halogens is 1. The van der Waals surface area contributed by atoms with Crippen LogP contribution in [-0.2, 0) is 4.74 Å².